The normalized spacial score (nSPS) is 19.4. The van der Waals surface area contributed by atoms with Gasteiger partial charge >= 0.3 is 11.8 Å². The van der Waals surface area contributed by atoms with Gasteiger partial charge in [0.1, 0.15) is 25.4 Å². The molecule has 2 aromatic carbocycles. The van der Waals surface area contributed by atoms with Crippen LogP contribution in [-0.4, -0.2) is 50.3 Å². The van der Waals surface area contributed by atoms with Gasteiger partial charge in [-0.25, -0.2) is 0 Å². The van der Waals surface area contributed by atoms with Crippen molar-refractivity contribution < 1.29 is 28.5 Å². The van der Waals surface area contributed by atoms with Gasteiger partial charge in [-0.1, -0.05) is 24.3 Å². The highest BCUT2D eigenvalue weighted by Crippen LogP contribution is 2.31. The first-order chi connectivity index (χ1) is 13.7. The predicted molar refractivity (Wildman–Crippen MR) is 98.7 cm³/mol. The van der Waals surface area contributed by atoms with E-state index in [0.29, 0.717) is 36.2 Å². The van der Waals surface area contributed by atoms with Crippen molar-refractivity contribution in [2.45, 2.75) is 12.2 Å². The third-order valence-corrected chi connectivity index (χ3v) is 4.32. The first-order valence-corrected chi connectivity index (χ1v) is 9.02. The number of benzene rings is 2. The Morgan fingerprint density at radius 3 is 1.54 bits per heavy atom. The summed E-state index contributed by atoms with van der Waals surface area (Å²) in [4.78, 5) is 24.0. The third kappa shape index (κ3) is 4.11. The Balaban J connectivity index is 1.20. The van der Waals surface area contributed by atoms with E-state index in [2.05, 4.69) is 10.6 Å². The Hall–Kier alpha value is -3.42. The topological polar surface area (TPSA) is 95.1 Å². The number of carbonyl (C=O) groups excluding carboxylic acids is 2. The van der Waals surface area contributed by atoms with Gasteiger partial charge in [-0.05, 0) is 24.3 Å². The van der Waals surface area contributed by atoms with Crippen LogP contribution in [0.3, 0.4) is 0 Å². The lowest BCUT2D eigenvalue weighted by Gasteiger charge is -2.27. The molecule has 0 radical (unpaired) electrons. The number of amides is 2. The summed E-state index contributed by atoms with van der Waals surface area (Å²) in [5.74, 6) is 1.09. The van der Waals surface area contributed by atoms with Crippen LogP contribution >= 0.6 is 0 Å². The summed E-state index contributed by atoms with van der Waals surface area (Å²) in [5.41, 5.74) is 0. The van der Waals surface area contributed by atoms with Crippen LogP contribution in [-0.2, 0) is 9.59 Å². The van der Waals surface area contributed by atoms with Crippen molar-refractivity contribution in [2.75, 3.05) is 26.3 Å². The largest absolute Gasteiger partial charge is 0.486 e. The molecule has 4 rings (SSSR count). The molecule has 0 saturated heterocycles. The van der Waals surface area contributed by atoms with Crippen molar-refractivity contribution in [3.63, 3.8) is 0 Å². The number of rotatable bonds is 4. The highest BCUT2D eigenvalue weighted by Gasteiger charge is 2.24. The number of para-hydroxylation sites is 4. The first kappa shape index (κ1) is 18.0. The average Bonchev–Trinajstić information content (AvgIpc) is 2.75. The average molecular weight is 384 g/mol. The monoisotopic (exact) mass is 384 g/mol. The minimum absolute atomic E-state index is 0.164. The molecule has 8 heteroatoms. The lowest BCUT2D eigenvalue weighted by Crippen LogP contribution is -2.48. The standard InChI is InChI=1S/C20H20N2O6/c23-19(21-9-13-11-25-15-5-1-3-7-17(15)27-13)20(24)22-10-14-12-26-16-6-2-4-8-18(16)28-14/h1-8,13-14H,9-12H2,(H,21,23)(H,22,24)/t13-,14-/m1/s1. The third-order valence-electron chi connectivity index (χ3n) is 4.32. The number of carbonyl (C=O) groups is 2. The van der Waals surface area contributed by atoms with Crippen LogP contribution in [0.2, 0.25) is 0 Å². The zero-order valence-electron chi connectivity index (χ0n) is 15.1. The maximum Gasteiger partial charge on any atom is 0.309 e. The van der Waals surface area contributed by atoms with Gasteiger partial charge in [0.25, 0.3) is 0 Å². The minimum Gasteiger partial charge on any atom is -0.486 e. The highest BCUT2D eigenvalue weighted by molar-refractivity contribution is 6.35. The van der Waals surface area contributed by atoms with Crippen LogP contribution in [0.15, 0.2) is 48.5 Å². The molecule has 0 saturated carbocycles. The molecule has 2 amide bonds. The van der Waals surface area contributed by atoms with Crippen molar-refractivity contribution >= 4 is 11.8 Å². The van der Waals surface area contributed by atoms with E-state index < -0.39 is 11.8 Å². The van der Waals surface area contributed by atoms with Gasteiger partial charge in [0, 0.05) is 0 Å². The Labute approximate surface area is 161 Å². The number of fused-ring (bicyclic) bond motifs is 2. The van der Waals surface area contributed by atoms with Gasteiger partial charge in [0.05, 0.1) is 13.1 Å². The number of hydrogen-bond donors (Lipinski definition) is 2. The van der Waals surface area contributed by atoms with Crippen LogP contribution < -0.4 is 29.6 Å². The fourth-order valence-corrected chi connectivity index (χ4v) is 2.90. The zero-order chi connectivity index (χ0) is 19.3. The quantitative estimate of drug-likeness (QED) is 0.761. The summed E-state index contributed by atoms with van der Waals surface area (Å²) in [6, 6.07) is 14.6. The second-order valence-corrected chi connectivity index (χ2v) is 6.42. The van der Waals surface area contributed by atoms with Crippen LogP contribution in [0, 0.1) is 0 Å². The van der Waals surface area contributed by atoms with Gasteiger partial charge in [-0.3, -0.25) is 9.59 Å². The van der Waals surface area contributed by atoms with Gasteiger partial charge in [-0.15, -0.1) is 0 Å². The predicted octanol–water partition coefficient (Wildman–Crippen LogP) is 0.899. The van der Waals surface area contributed by atoms with Gasteiger partial charge in [0.15, 0.2) is 23.0 Å². The van der Waals surface area contributed by atoms with Crippen molar-refractivity contribution in [3.8, 4) is 23.0 Å². The second-order valence-electron chi connectivity index (χ2n) is 6.42. The summed E-state index contributed by atoms with van der Waals surface area (Å²) >= 11 is 0. The molecule has 0 aromatic heterocycles. The van der Waals surface area contributed by atoms with Crippen LogP contribution in [0.5, 0.6) is 23.0 Å². The maximum absolute atomic E-state index is 12.0. The van der Waals surface area contributed by atoms with E-state index in [-0.39, 0.29) is 25.3 Å². The van der Waals surface area contributed by atoms with Crippen molar-refractivity contribution in [3.05, 3.63) is 48.5 Å². The molecule has 2 aliphatic rings. The zero-order valence-corrected chi connectivity index (χ0v) is 15.1. The van der Waals surface area contributed by atoms with Gasteiger partial charge in [-0.2, -0.15) is 0 Å². The Bertz CT molecular complexity index is 800. The summed E-state index contributed by atoms with van der Waals surface area (Å²) in [6.45, 7) is 0.922. The Kier molecular flexibility index (Phi) is 5.18. The molecular weight excluding hydrogens is 364 g/mol. The fraction of sp³-hybridized carbons (Fsp3) is 0.300. The SMILES string of the molecule is O=C(NC[C@@H]1COc2ccccc2O1)C(=O)NC[C@@H]1COc2ccccc2O1. The summed E-state index contributed by atoms with van der Waals surface area (Å²) in [7, 11) is 0. The summed E-state index contributed by atoms with van der Waals surface area (Å²) < 4.78 is 22.6. The number of hydrogen-bond acceptors (Lipinski definition) is 6. The molecule has 2 heterocycles. The number of ether oxygens (including phenoxy) is 4. The fourth-order valence-electron chi connectivity index (χ4n) is 2.90. The molecule has 2 atom stereocenters. The molecule has 2 aromatic rings. The lowest BCUT2D eigenvalue weighted by molar-refractivity contribution is -0.139. The Morgan fingerprint density at radius 1 is 0.714 bits per heavy atom. The molecule has 0 unspecified atom stereocenters. The molecule has 0 fully saturated rings. The highest BCUT2D eigenvalue weighted by atomic mass is 16.6. The molecule has 0 bridgehead atoms. The van der Waals surface area contributed by atoms with Crippen LogP contribution in [0.4, 0.5) is 0 Å². The second kappa shape index (κ2) is 8.08. The smallest absolute Gasteiger partial charge is 0.309 e. The molecule has 0 aliphatic carbocycles. The molecule has 2 N–H and O–H groups in total. The van der Waals surface area contributed by atoms with E-state index in [1.165, 1.54) is 0 Å². The van der Waals surface area contributed by atoms with Crippen molar-refractivity contribution in [2.24, 2.45) is 0 Å². The van der Waals surface area contributed by atoms with Crippen LogP contribution in [0.1, 0.15) is 0 Å². The van der Waals surface area contributed by atoms with Gasteiger partial charge < -0.3 is 29.6 Å². The summed E-state index contributed by atoms with van der Waals surface area (Å²) in [5, 5.41) is 5.12. The Morgan fingerprint density at radius 2 is 1.11 bits per heavy atom. The van der Waals surface area contributed by atoms with Crippen molar-refractivity contribution in [1.82, 2.24) is 10.6 Å². The van der Waals surface area contributed by atoms with E-state index in [9.17, 15) is 9.59 Å². The molecule has 28 heavy (non-hydrogen) atoms. The summed E-state index contributed by atoms with van der Waals surface area (Å²) in [6.07, 6.45) is -0.726. The molecular formula is C20H20N2O6. The molecule has 8 nitrogen and oxygen atoms in total. The number of nitrogens with one attached hydrogen (secondary N) is 2. The lowest BCUT2D eigenvalue weighted by atomic mass is 10.2. The van der Waals surface area contributed by atoms with Gasteiger partial charge in [0.2, 0.25) is 0 Å². The van der Waals surface area contributed by atoms with E-state index in [1.807, 2.05) is 36.4 Å². The van der Waals surface area contributed by atoms with E-state index in [4.69, 9.17) is 18.9 Å². The van der Waals surface area contributed by atoms with E-state index >= 15 is 0 Å². The first-order valence-electron chi connectivity index (χ1n) is 9.02. The molecule has 2 aliphatic heterocycles. The van der Waals surface area contributed by atoms with Crippen LogP contribution in [0.25, 0.3) is 0 Å². The van der Waals surface area contributed by atoms with E-state index in [1.54, 1.807) is 12.1 Å². The minimum atomic E-state index is -0.736. The van der Waals surface area contributed by atoms with Crippen molar-refractivity contribution in [1.29, 1.82) is 0 Å². The maximum atomic E-state index is 12.0. The molecule has 0 spiro atoms. The molecule has 146 valence electrons. The van der Waals surface area contributed by atoms with E-state index in [0.717, 1.165) is 0 Å².